The van der Waals surface area contributed by atoms with Crippen molar-refractivity contribution >= 4 is 22.7 Å². The van der Waals surface area contributed by atoms with Crippen molar-refractivity contribution in [3.05, 3.63) is 59.7 Å². The molecule has 0 saturated carbocycles. The molecule has 0 amide bonds. The number of unbranched alkanes of at least 4 members (excludes halogenated alkanes) is 1. The fraction of sp³-hybridized carbons (Fsp3) is 0.273. The number of esters is 2. The zero-order valence-corrected chi connectivity index (χ0v) is 15.0. The van der Waals surface area contributed by atoms with Crippen molar-refractivity contribution in [2.45, 2.75) is 38.6 Å². The molecule has 0 fully saturated rings. The molecule has 0 aromatic heterocycles. The maximum Gasteiger partial charge on any atom is 0.333 e. The van der Waals surface area contributed by atoms with Crippen molar-refractivity contribution in [1.82, 2.24) is 0 Å². The highest BCUT2D eigenvalue weighted by atomic mass is 16.6. The normalized spacial score (nSPS) is 16.9. The number of hydrogen-bond donors (Lipinski definition) is 1. The van der Waals surface area contributed by atoms with E-state index in [1.807, 2.05) is 36.4 Å². The predicted octanol–water partition coefficient (Wildman–Crippen LogP) is 3.09. The lowest BCUT2D eigenvalue weighted by atomic mass is 10.0. The van der Waals surface area contributed by atoms with Crippen LogP contribution in [0.15, 0.2) is 54.1 Å². The highest BCUT2D eigenvalue weighted by Gasteiger charge is 2.31. The predicted molar refractivity (Wildman–Crippen MR) is 100 cm³/mol. The number of carbonyl (C=O) groups excluding carboxylic acids is 2. The van der Waals surface area contributed by atoms with Gasteiger partial charge in [0.25, 0.3) is 0 Å². The molecule has 2 atom stereocenters. The molecule has 0 bridgehead atoms. The molecule has 1 heterocycles. The minimum absolute atomic E-state index is 0.276. The molecule has 0 saturated heterocycles. The van der Waals surface area contributed by atoms with Gasteiger partial charge in [0.15, 0.2) is 0 Å². The van der Waals surface area contributed by atoms with Crippen LogP contribution in [0.4, 0.5) is 0 Å². The molecule has 2 unspecified atom stereocenters. The monoisotopic (exact) mass is 364 g/mol. The van der Waals surface area contributed by atoms with Crippen LogP contribution in [0.2, 0.25) is 0 Å². The smallest absolute Gasteiger partial charge is 0.333 e. The zero-order valence-electron chi connectivity index (χ0n) is 15.0. The average molecular weight is 364 g/mol. The molecule has 1 N–H and O–H groups in total. The first-order chi connectivity index (χ1) is 13.0. The summed E-state index contributed by atoms with van der Waals surface area (Å²) in [5, 5.41) is 12.1. The van der Waals surface area contributed by atoms with Gasteiger partial charge < -0.3 is 14.6 Å². The maximum absolute atomic E-state index is 11.3. The van der Waals surface area contributed by atoms with Crippen LogP contribution in [0.5, 0.6) is 0 Å². The van der Waals surface area contributed by atoms with Gasteiger partial charge in [-0.05, 0) is 35.7 Å². The Morgan fingerprint density at radius 1 is 1.26 bits per heavy atom. The molecule has 27 heavy (non-hydrogen) atoms. The molecule has 138 valence electrons. The third-order valence-corrected chi connectivity index (χ3v) is 4.23. The number of carbonyl (C=O) groups is 2. The number of fused-ring (bicyclic) bond motifs is 1. The van der Waals surface area contributed by atoms with Crippen LogP contribution >= 0.6 is 0 Å². The molecule has 0 aliphatic carbocycles. The number of rotatable bonds is 5. The Morgan fingerprint density at radius 3 is 2.74 bits per heavy atom. The number of cyclic esters (lactones) is 1. The Labute approximate surface area is 157 Å². The van der Waals surface area contributed by atoms with Crippen molar-refractivity contribution in [3.63, 3.8) is 0 Å². The van der Waals surface area contributed by atoms with E-state index in [1.165, 1.54) is 18.4 Å². The van der Waals surface area contributed by atoms with Crippen molar-refractivity contribution < 1.29 is 24.2 Å². The lowest BCUT2D eigenvalue weighted by molar-refractivity contribution is -0.153. The van der Waals surface area contributed by atoms with Gasteiger partial charge in [0.05, 0.1) is 0 Å². The zero-order chi connectivity index (χ0) is 19.2. The number of benzene rings is 2. The summed E-state index contributed by atoms with van der Waals surface area (Å²) in [4.78, 5) is 22.6. The number of ether oxygens (including phenoxy) is 2. The Hall–Kier alpha value is -3.10. The standard InChI is InChI=1S/C22H20O5/c1-15(23)26-20(19-14-21(24)27-22(19)25)10-4-2-3-7-16-11-12-17-8-5-6-9-18(17)13-16/h5-6,8-9,11-14,20,22,25H,2,4,10H2,1H3. The summed E-state index contributed by atoms with van der Waals surface area (Å²) in [5.41, 5.74) is 1.22. The highest BCUT2D eigenvalue weighted by Crippen LogP contribution is 2.23. The van der Waals surface area contributed by atoms with E-state index in [4.69, 9.17) is 4.74 Å². The van der Waals surface area contributed by atoms with Crippen molar-refractivity contribution in [2.24, 2.45) is 0 Å². The number of hydrogen-bond acceptors (Lipinski definition) is 5. The quantitative estimate of drug-likeness (QED) is 0.501. The molecule has 1 aliphatic heterocycles. The largest absolute Gasteiger partial charge is 0.458 e. The van der Waals surface area contributed by atoms with Gasteiger partial charge in [-0.3, -0.25) is 4.79 Å². The fourth-order valence-electron chi connectivity index (χ4n) is 2.97. The molecular weight excluding hydrogens is 344 g/mol. The Balaban J connectivity index is 1.58. The third-order valence-electron chi connectivity index (χ3n) is 4.23. The van der Waals surface area contributed by atoms with Crippen LogP contribution in [-0.4, -0.2) is 29.4 Å². The maximum atomic E-state index is 11.3. The summed E-state index contributed by atoms with van der Waals surface area (Å²) < 4.78 is 9.88. The second-order valence-electron chi connectivity index (χ2n) is 6.29. The molecule has 2 aromatic rings. The first-order valence-electron chi connectivity index (χ1n) is 8.78. The first-order valence-corrected chi connectivity index (χ1v) is 8.78. The Bertz CT molecular complexity index is 948. The molecule has 5 nitrogen and oxygen atoms in total. The van der Waals surface area contributed by atoms with Gasteiger partial charge in [0, 0.05) is 30.6 Å². The summed E-state index contributed by atoms with van der Waals surface area (Å²) >= 11 is 0. The second kappa shape index (κ2) is 8.52. The summed E-state index contributed by atoms with van der Waals surface area (Å²) in [6.45, 7) is 1.29. The molecule has 3 rings (SSSR count). The van der Waals surface area contributed by atoms with Gasteiger partial charge in [-0.1, -0.05) is 42.2 Å². The molecule has 0 radical (unpaired) electrons. The van der Waals surface area contributed by atoms with Gasteiger partial charge in [-0.15, -0.1) is 0 Å². The molecule has 2 aromatic carbocycles. The minimum Gasteiger partial charge on any atom is -0.458 e. The van der Waals surface area contributed by atoms with E-state index in [0.29, 0.717) is 19.3 Å². The van der Waals surface area contributed by atoms with E-state index in [-0.39, 0.29) is 5.57 Å². The Morgan fingerprint density at radius 2 is 2.04 bits per heavy atom. The molecular formula is C22H20O5. The Kier molecular flexibility index (Phi) is 5.90. The molecule has 5 heteroatoms. The van der Waals surface area contributed by atoms with Crippen LogP contribution in [0.1, 0.15) is 31.7 Å². The molecule has 1 aliphatic rings. The third kappa shape index (κ3) is 4.96. The van der Waals surface area contributed by atoms with E-state index in [9.17, 15) is 14.7 Å². The summed E-state index contributed by atoms with van der Waals surface area (Å²) in [6, 6.07) is 14.2. The lowest BCUT2D eigenvalue weighted by Crippen LogP contribution is -2.25. The van der Waals surface area contributed by atoms with Gasteiger partial charge in [0.1, 0.15) is 6.10 Å². The van der Waals surface area contributed by atoms with E-state index in [0.717, 1.165) is 10.9 Å². The van der Waals surface area contributed by atoms with Crippen molar-refractivity contribution in [2.75, 3.05) is 0 Å². The van der Waals surface area contributed by atoms with Crippen molar-refractivity contribution in [3.8, 4) is 11.8 Å². The topological polar surface area (TPSA) is 72.8 Å². The number of aliphatic hydroxyl groups excluding tert-OH is 1. The van der Waals surface area contributed by atoms with Gasteiger partial charge in [-0.2, -0.15) is 0 Å². The highest BCUT2D eigenvalue weighted by molar-refractivity contribution is 5.86. The van der Waals surface area contributed by atoms with Crippen LogP contribution < -0.4 is 0 Å². The average Bonchev–Trinajstić information content (AvgIpc) is 2.98. The lowest BCUT2D eigenvalue weighted by Gasteiger charge is -2.19. The van der Waals surface area contributed by atoms with E-state index >= 15 is 0 Å². The summed E-state index contributed by atoms with van der Waals surface area (Å²) in [5.74, 6) is 5.14. The van der Waals surface area contributed by atoms with Gasteiger partial charge in [-0.25, -0.2) is 4.79 Å². The van der Waals surface area contributed by atoms with Crippen LogP contribution in [0, 0.1) is 11.8 Å². The van der Waals surface area contributed by atoms with E-state index in [2.05, 4.69) is 22.6 Å². The van der Waals surface area contributed by atoms with Gasteiger partial charge >= 0.3 is 11.9 Å². The molecule has 0 spiro atoms. The van der Waals surface area contributed by atoms with Crippen LogP contribution in [0.3, 0.4) is 0 Å². The summed E-state index contributed by atoms with van der Waals surface area (Å²) in [7, 11) is 0. The van der Waals surface area contributed by atoms with Gasteiger partial charge in [0.2, 0.25) is 6.29 Å². The van der Waals surface area contributed by atoms with Crippen LogP contribution in [0.25, 0.3) is 10.8 Å². The first kappa shape index (κ1) is 18.7. The second-order valence-corrected chi connectivity index (χ2v) is 6.29. The SMILES string of the molecule is CC(=O)OC(CCCC#Cc1ccc2ccccc2c1)C1=CC(=O)OC1O. The van der Waals surface area contributed by atoms with E-state index < -0.39 is 24.3 Å². The number of aliphatic hydroxyl groups is 1. The van der Waals surface area contributed by atoms with E-state index in [1.54, 1.807) is 0 Å². The minimum atomic E-state index is -1.36. The van der Waals surface area contributed by atoms with Crippen molar-refractivity contribution in [1.29, 1.82) is 0 Å². The fourth-order valence-corrected chi connectivity index (χ4v) is 2.97. The van der Waals surface area contributed by atoms with Crippen LogP contribution in [-0.2, 0) is 19.1 Å². The summed E-state index contributed by atoms with van der Waals surface area (Å²) in [6.07, 6.45) is 0.835.